The van der Waals surface area contributed by atoms with E-state index in [-0.39, 0.29) is 11.9 Å². The highest BCUT2D eigenvalue weighted by molar-refractivity contribution is 5.92. The summed E-state index contributed by atoms with van der Waals surface area (Å²) in [6.45, 7) is 3.56. The summed E-state index contributed by atoms with van der Waals surface area (Å²) < 4.78 is 6.92. The third kappa shape index (κ3) is 2.96. The monoisotopic (exact) mass is 351 g/mol. The fourth-order valence-electron chi connectivity index (χ4n) is 3.21. The molecule has 26 heavy (non-hydrogen) atoms. The zero-order valence-electron chi connectivity index (χ0n) is 15.1. The van der Waals surface area contributed by atoms with Crippen LogP contribution >= 0.6 is 0 Å². The summed E-state index contributed by atoms with van der Waals surface area (Å²) in [7, 11) is 3.45. The molecule has 0 atom stereocenters. The number of anilines is 1. The number of nitrogens with one attached hydrogen (secondary N) is 1. The van der Waals surface area contributed by atoms with Crippen molar-refractivity contribution >= 4 is 22.6 Å². The van der Waals surface area contributed by atoms with Crippen LogP contribution in [0.4, 0.5) is 5.82 Å². The Morgan fingerprint density at radius 2 is 2.08 bits per heavy atom. The van der Waals surface area contributed by atoms with Crippen LogP contribution in [0.25, 0.3) is 10.9 Å². The highest BCUT2D eigenvalue weighted by atomic mass is 16.5. The second-order valence-electron chi connectivity index (χ2n) is 6.63. The van der Waals surface area contributed by atoms with E-state index in [2.05, 4.69) is 28.3 Å². The van der Waals surface area contributed by atoms with Crippen molar-refractivity contribution in [2.24, 2.45) is 7.05 Å². The number of hydrogen-bond acceptors (Lipinski definition) is 5. The number of nitrogens with zero attached hydrogens (tertiary/aromatic N) is 4. The number of carbonyl (C=O) groups excluding carboxylic acids is 1. The molecular formula is C19H21N5O2. The van der Waals surface area contributed by atoms with Crippen molar-refractivity contribution in [2.45, 2.75) is 13.0 Å². The smallest absolute Gasteiger partial charge is 0.272 e. The van der Waals surface area contributed by atoms with Gasteiger partial charge in [0.15, 0.2) is 0 Å². The molecule has 1 aromatic carbocycles. The van der Waals surface area contributed by atoms with E-state index >= 15 is 0 Å². The van der Waals surface area contributed by atoms with Gasteiger partial charge in [0.25, 0.3) is 5.91 Å². The van der Waals surface area contributed by atoms with Gasteiger partial charge in [0.1, 0.15) is 17.3 Å². The molecule has 1 fully saturated rings. The van der Waals surface area contributed by atoms with Crippen LogP contribution in [0.5, 0.6) is 5.75 Å². The number of aryl methyl sites for hydroxylation is 2. The van der Waals surface area contributed by atoms with Crippen molar-refractivity contribution in [3.8, 4) is 5.75 Å². The number of rotatable bonds is 4. The molecule has 3 heterocycles. The minimum Gasteiger partial charge on any atom is -0.497 e. The van der Waals surface area contributed by atoms with Crippen LogP contribution in [-0.2, 0) is 7.05 Å². The first kappa shape index (κ1) is 16.4. The zero-order valence-corrected chi connectivity index (χ0v) is 15.1. The van der Waals surface area contributed by atoms with Gasteiger partial charge in [0.2, 0.25) is 0 Å². The summed E-state index contributed by atoms with van der Waals surface area (Å²) in [5.74, 6) is 1.58. The largest absolute Gasteiger partial charge is 0.497 e. The second-order valence-corrected chi connectivity index (χ2v) is 6.63. The molecule has 134 valence electrons. The molecule has 0 spiro atoms. The van der Waals surface area contributed by atoms with E-state index in [1.807, 2.05) is 18.2 Å². The first-order valence-electron chi connectivity index (χ1n) is 8.54. The van der Waals surface area contributed by atoms with Crippen molar-refractivity contribution in [1.82, 2.24) is 20.1 Å². The Morgan fingerprint density at radius 3 is 2.77 bits per heavy atom. The van der Waals surface area contributed by atoms with Crippen molar-refractivity contribution in [3.05, 3.63) is 47.8 Å². The summed E-state index contributed by atoms with van der Waals surface area (Å²) in [4.78, 5) is 19.1. The number of hydrogen-bond donors (Lipinski definition) is 1. The molecule has 1 aliphatic rings. The van der Waals surface area contributed by atoms with E-state index in [0.29, 0.717) is 5.69 Å². The maximum absolute atomic E-state index is 12.2. The van der Waals surface area contributed by atoms with Crippen LogP contribution < -0.4 is 15.0 Å². The summed E-state index contributed by atoms with van der Waals surface area (Å²) in [6.07, 6.45) is 1.76. The average molecular weight is 351 g/mol. The van der Waals surface area contributed by atoms with Gasteiger partial charge < -0.3 is 15.0 Å². The molecule has 7 nitrogen and oxygen atoms in total. The van der Waals surface area contributed by atoms with Crippen LogP contribution in [0.1, 0.15) is 16.1 Å². The highest BCUT2D eigenvalue weighted by Crippen LogP contribution is 2.27. The van der Waals surface area contributed by atoms with E-state index in [4.69, 9.17) is 9.72 Å². The van der Waals surface area contributed by atoms with Gasteiger partial charge in [0, 0.05) is 37.8 Å². The molecule has 1 saturated heterocycles. The SMILES string of the molecule is COc1ccc2c(C)cc(N3CC(NC(=O)c4ccn(C)n4)C3)nc2c1. The third-order valence-electron chi connectivity index (χ3n) is 4.70. The lowest BCUT2D eigenvalue weighted by Gasteiger charge is -2.40. The maximum atomic E-state index is 12.2. The number of aromatic nitrogens is 3. The molecule has 4 rings (SSSR count). The van der Waals surface area contributed by atoms with E-state index in [1.54, 1.807) is 31.1 Å². The Labute approximate surface area is 151 Å². The average Bonchev–Trinajstić information content (AvgIpc) is 3.03. The van der Waals surface area contributed by atoms with E-state index < -0.39 is 0 Å². The van der Waals surface area contributed by atoms with Crippen LogP contribution in [0.3, 0.4) is 0 Å². The number of benzene rings is 1. The zero-order chi connectivity index (χ0) is 18.3. The number of pyridine rings is 1. The first-order valence-corrected chi connectivity index (χ1v) is 8.54. The van der Waals surface area contributed by atoms with Gasteiger partial charge in [-0.15, -0.1) is 0 Å². The van der Waals surface area contributed by atoms with Crippen LogP contribution in [0.2, 0.25) is 0 Å². The molecule has 0 saturated carbocycles. The molecule has 0 bridgehead atoms. The Morgan fingerprint density at radius 1 is 1.27 bits per heavy atom. The highest BCUT2D eigenvalue weighted by Gasteiger charge is 2.30. The molecule has 1 amide bonds. The minimum absolute atomic E-state index is 0.104. The van der Waals surface area contributed by atoms with Crippen LogP contribution in [0, 0.1) is 6.92 Å². The topological polar surface area (TPSA) is 72.3 Å². The Kier molecular flexibility index (Phi) is 3.99. The minimum atomic E-state index is -0.136. The molecule has 0 unspecified atom stereocenters. The maximum Gasteiger partial charge on any atom is 0.272 e. The van der Waals surface area contributed by atoms with Crippen molar-refractivity contribution < 1.29 is 9.53 Å². The molecule has 0 radical (unpaired) electrons. The summed E-state index contributed by atoms with van der Waals surface area (Å²) in [5, 5.41) is 8.26. The lowest BCUT2D eigenvalue weighted by atomic mass is 10.1. The summed E-state index contributed by atoms with van der Waals surface area (Å²) in [6, 6.07) is 9.84. The van der Waals surface area contributed by atoms with Gasteiger partial charge in [0.05, 0.1) is 18.7 Å². The van der Waals surface area contributed by atoms with Crippen LogP contribution in [0.15, 0.2) is 36.5 Å². The standard InChI is InChI=1S/C19H21N5O2/c1-12-8-18(21-17-9-14(26-3)4-5-15(12)17)24-10-13(11-24)20-19(25)16-6-7-23(2)22-16/h4-9,13H,10-11H2,1-3H3,(H,20,25). The number of amides is 1. The van der Waals surface area contributed by atoms with Gasteiger partial charge in [-0.05, 0) is 36.8 Å². The van der Waals surface area contributed by atoms with Gasteiger partial charge >= 0.3 is 0 Å². The Bertz CT molecular complexity index is 975. The first-order chi connectivity index (χ1) is 12.5. The quantitative estimate of drug-likeness (QED) is 0.777. The van der Waals surface area contributed by atoms with E-state index in [9.17, 15) is 4.79 Å². The second kappa shape index (κ2) is 6.33. The van der Waals surface area contributed by atoms with Gasteiger partial charge in [-0.3, -0.25) is 9.48 Å². The molecule has 7 heteroatoms. The predicted molar refractivity (Wildman–Crippen MR) is 99.7 cm³/mol. The number of ether oxygens (including phenoxy) is 1. The molecule has 0 aliphatic carbocycles. The number of methoxy groups -OCH3 is 1. The Hall–Kier alpha value is -3.09. The van der Waals surface area contributed by atoms with Crippen LogP contribution in [-0.4, -0.2) is 46.9 Å². The predicted octanol–water partition coefficient (Wildman–Crippen LogP) is 1.90. The lowest BCUT2D eigenvalue weighted by Crippen LogP contribution is -2.59. The van der Waals surface area contributed by atoms with E-state index in [0.717, 1.165) is 35.6 Å². The summed E-state index contributed by atoms with van der Waals surface area (Å²) >= 11 is 0. The molecule has 1 aliphatic heterocycles. The van der Waals surface area contributed by atoms with Crippen molar-refractivity contribution in [1.29, 1.82) is 0 Å². The molecule has 1 N–H and O–H groups in total. The normalized spacial score (nSPS) is 14.3. The molecule has 3 aromatic rings. The number of carbonyl (C=O) groups is 1. The lowest BCUT2D eigenvalue weighted by molar-refractivity contribution is 0.0924. The fourth-order valence-corrected chi connectivity index (χ4v) is 3.21. The van der Waals surface area contributed by atoms with Crippen molar-refractivity contribution in [3.63, 3.8) is 0 Å². The molecular weight excluding hydrogens is 330 g/mol. The van der Waals surface area contributed by atoms with Gasteiger partial charge in [-0.25, -0.2) is 4.98 Å². The third-order valence-corrected chi connectivity index (χ3v) is 4.70. The number of fused-ring (bicyclic) bond motifs is 1. The fraction of sp³-hybridized carbons (Fsp3) is 0.316. The summed E-state index contributed by atoms with van der Waals surface area (Å²) in [5.41, 5.74) is 2.53. The van der Waals surface area contributed by atoms with Crippen molar-refractivity contribution in [2.75, 3.05) is 25.1 Å². The molecule has 2 aromatic heterocycles. The van der Waals surface area contributed by atoms with Gasteiger partial charge in [-0.2, -0.15) is 5.10 Å². The van der Waals surface area contributed by atoms with Gasteiger partial charge in [-0.1, -0.05) is 0 Å². The Balaban J connectivity index is 1.46. The van der Waals surface area contributed by atoms with E-state index in [1.165, 1.54) is 5.56 Å².